The van der Waals surface area contributed by atoms with Gasteiger partial charge in [0.25, 0.3) is 0 Å². The smallest absolute Gasteiger partial charge is 0 e. The molecule has 101 valence electrons. The molecule has 1 aromatic carbocycles. The van der Waals surface area contributed by atoms with Crippen molar-refractivity contribution in [1.82, 2.24) is 0 Å². The summed E-state index contributed by atoms with van der Waals surface area (Å²) in [7, 11) is 0. The van der Waals surface area contributed by atoms with E-state index in [1.165, 1.54) is 17.6 Å². The minimum absolute atomic E-state index is 0. The molecule has 0 N–H and O–H groups in total. The maximum absolute atomic E-state index is 3.76. The van der Waals surface area contributed by atoms with Crippen molar-refractivity contribution in [1.29, 1.82) is 0 Å². The fourth-order valence-electron chi connectivity index (χ4n) is 1.12. The number of allylic oxidation sites excluding steroid dienone is 3. The predicted octanol–water partition coefficient (Wildman–Crippen LogP) is 5.80. The molecule has 0 nitrogen and oxygen atoms in total. The van der Waals surface area contributed by atoms with E-state index in [0.29, 0.717) is 0 Å². The Labute approximate surface area is 126 Å². The average molecular weight is 283 g/mol. The molecule has 0 saturated heterocycles. The van der Waals surface area contributed by atoms with E-state index in [1.54, 1.807) is 0 Å². The van der Waals surface area contributed by atoms with E-state index in [1.807, 2.05) is 32.9 Å². The molecule has 1 heteroatoms. The van der Waals surface area contributed by atoms with Crippen molar-refractivity contribution < 1.29 is 18.6 Å². The van der Waals surface area contributed by atoms with Gasteiger partial charge in [-0.15, -0.1) is 0 Å². The summed E-state index contributed by atoms with van der Waals surface area (Å²) >= 11 is 0. The van der Waals surface area contributed by atoms with Gasteiger partial charge in [0.1, 0.15) is 0 Å². The van der Waals surface area contributed by atoms with Crippen LogP contribution in [0.15, 0.2) is 54.6 Å². The van der Waals surface area contributed by atoms with E-state index in [-0.39, 0.29) is 18.6 Å². The Bertz CT molecular complexity index is 286. The Morgan fingerprint density at radius 2 is 1.56 bits per heavy atom. The first-order valence-corrected chi connectivity index (χ1v) is 6.59. The topological polar surface area (TPSA) is 0 Å². The molecule has 0 unspecified atom stereocenters. The molecule has 0 aliphatic carbocycles. The molecule has 0 aliphatic heterocycles. The van der Waals surface area contributed by atoms with Crippen LogP contribution >= 0.6 is 0 Å². The van der Waals surface area contributed by atoms with Gasteiger partial charge in [0.15, 0.2) is 0 Å². The van der Waals surface area contributed by atoms with Crippen LogP contribution in [-0.2, 0) is 25.0 Å². The molecular formula is C17H28V. The largest absolute Gasteiger partial charge is 0.0988 e. The SMILES string of the molecule is C=C/C(=C\C)Cc1ccccc1.CC.CCC.[V]. The second-order valence-electron chi connectivity index (χ2n) is 3.44. The van der Waals surface area contributed by atoms with Crippen molar-refractivity contribution in [2.24, 2.45) is 0 Å². The van der Waals surface area contributed by atoms with Crippen LogP contribution in [0, 0.1) is 0 Å². The molecule has 0 fully saturated rings. The molecule has 0 aromatic heterocycles. The molecule has 0 atom stereocenters. The zero-order valence-electron chi connectivity index (χ0n) is 12.6. The van der Waals surface area contributed by atoms with Crippen LogP contribution < -0.4 is 0 Å². The summed E-state index contributed by atoms with van der Waals surface area (Å²) in [5, 5.41) is 0. The Balaban J connectivity index is -0.000000329. The van der Waals surface area contributed by atoms with Gasteiger partial charge in [-0.2, -0.15) is 0 Å². The molecule has 0 aliphatic rings. The van der Waals surface area contributed by atoms with Crippen molar-refractivity contribution >= 4 is 0 Å². The number of rotatable bonds is 3. The third kappa shape index (κ3) is 13.3. The minimum atomic E-state index is 0. The minimum Gasteiger partial charge on any atom is -0.0988 e. The van der Waals surface area contributed by atoms with Gasteiger partial charge < -0.3 is 0 Å². The van der Waals surface area contributed by atoms with Crippen molar-refractivity contribution in [2.75, 3.05) is 0 Å². The molecule has 0 spiro atoms. The van der Waals surface area contributed by atoms with E-state index in [4.69, 9.17) is 0 Å². The van der Waals surface area contributed by atoms with Crippen LogP contribution in [0.2, 0.25) is 0 Å². The van der Waals surface area contributed by atoms with E-state index in [0.717, 1.165) is 6.42 Å². The fourth-order valence-corrected chi connectivity index (χ4v) is 1.12. The molecule has 1 rings (SSSR count). The molecule has 18 heavy (non-hydrogen) atoms. The van der Waals surface area contributed by atoms with Crippen LogP contribution in [0.25, 0.3) is 0 Å². The monoisotopic (exact) mass is 283 g/mol. The molecule has 1 aromatic rings. The van der Waals surface area contributed by atoms with E-state index < -0.39 is 0 Å². The maximum Gasteiger partial charge on any atom is 0 e. The summed E-state index contributed by atoms with van der Waals surface area (Å²) in [5.41, 5.74) is 2.62. The van der Waals surface area contributed by atoms with Gasteiger partial charge in [0.05, 0.1) is 0 Å². The quantitative estimate of drug-likeness (QED) is 0.615. The van der Waals surface area contributed by atoms with Gasteiger partial charge in [-0.25, -0.2) is 0 Å². The van der Waals surface area contributed by atoms with Gasteiger partial charge in [-0.1, -0.05) is 83.2 Å². The number of hydrogen-bond donors (Lipinski definition) is 0. The molecule has 0 bridgehead atoms. The molecule has 0 heterocycles. The van der Waals surface area contributed by atoms with Crippen LogP contribution in [0.5, 0.6) is 0 Å². The van der Waals surface area contributed by atoms with Gasteiger partial charge in [0.2, 0.25) is 0 Å². The second-order valence-corrected chi connectivity index (χ2v) is 3.44. The summed E-state index contributed by atoms with van der Waals surface area (Å²) in [4.78, 5) is 0. The fraction of sp³-hybridized carbons (Fsp3) is 0.412. The Kier molecular flexibility index (Phi) is 23.3. The number of benzene rings is 1. The average Bonchev–Trinajstić information content (AvgIpc) is 2.40. The van der Waals surface area contributed by atoms with E-state index >= 15 is 0 Å². The van der Waals surface area contributed by atoms with Crippen molar-refractivity contribution in [3.8, 4) is 0 Å². The van der Waals surface area contributed by atoms with Gasteiger partial charge >= 0.3 is 0 Å². The van der Waals surface area contributed by atoms with Crippen molar-refractivity contribution in [3.63, 3.8) is 0 Å². The standard InChI is InChI=1S/C12H14.C3H8.C2H6.V/c1-3-11(4-2)10-12-8-6-5-7-9-12;1-3-2;1-2;/h3-9H,1,10H2,2H3;3H2,1-2H3;1-2H3;/b11-4+;;;. The Morgan fingerprint density at radius 1 is 1.11 bits per heavy atom. The Morgan fingerprint density at radius 3 is 1.89 bits per heavy atom. The zero-order chi connectivity index (χ0) is 13.5. The Hall–Kier alpha value is -0.716. The normalized spacial score (nSPS) is 8.83. The summed E-state index contributed by atoms with van der Waals surface area (Å²) in [6.07, 6.45) is 6.24. The summed E-state index contributed by atoms with van der Waals surface area (Å²) < 4.78 is 0. The van der Waals surface area contributed by atoms with Gasteiger partial charge in [0, 0.05) is 18.6 Å². The van der Waals surface area contributed by atoms with Gasteiger partial charge in [-0.05, 0) is 24.5 Å². The first-order chi connectivity index (χ1) is 8.28. The maximum atomic E-state index is 3.76. The molecule has 0 amide bonds. The third-order valence-corrected chi connectivity index (χ3v) is 1.88. The zero-order valence-corrected chi connectivity index (χ0v) is 14.0. The van der Waals surface area contributed by atoms with Crippen LogP contribution in [0.1, 0.15) is 46.6 Å². The molecule has 1 radical (unpaired) electrons. The summed E-state index contributed by atoms with van der Waals surface area (Å²) in [6, 6.07) is 10.4. The van der Waals surface area contributed by atoms with Crippen LogP contribution in [-0.4, -0.2) is 0 Å². The van der Waals surface area contributed by atoms with Crippen LogP contribution in [0.3, 0.4) is 0 Å². The first-order valence-electron chi connectivity index (χ1n) is 6.59. The molecular weight excluding hydrogens is 255 g/mol. The molecule has 0 saturated carbocycles. The predicted molar refractivity (Wildman–Crippen MR) is 81.4 cm³/mol. The summed E-state index contributed by atoms with van der Waals surface area (Å²) in [5.74, 6) is 0. The van der Waals surface area contributed by atoms with E-state index in [9.17, 15) is 0 Å². The second kappa shape index (κ2) is 18.6. The van der Waals surface area contributed by atoms with Crippen LogP contribution in [0.4, 0.5) is 0 Å². The van der Waals surface area contributed by atoms with Crippen molar-refractivity contribution in [3.05, 3.63) is 60.2 Å². The van der Waals surface area contributed by atoms with Crippen molar-refractivity contribution in [2.45, 2.75) is 47.5 Å². The number of hydrogen-bond acceptors (Lipinski definition) is 0. The first kappa shape index (κ1) is 22.5. The summed E-state index contributed by atoms with van der Waals surface area (Å²) in [6.45, 7) is 14.1. The van der Waals surface area contributed by atoms with E-state index in [2.05, 4.69) is 50.8 Å². The third-order valence-electron chi connectivity index (χ3n) is 1.88. The van der Waals surface area contributed by atoms with Gasteiger partial charge in [-0.3, -0.25) is 0 Å².